The van der Waals surface area contributed by atoms with Gasteiger partial charge in [-0.3, -0.25) is 14.7 Å². The van der Waals surface area contributed by atoms with Gasteiger partial charge >= 0.3 is 0 Å². The maximum atomic E-state index is 12.8. The minimum absolute atomic E-state index is 0. The molecule has 0 spiro atoms. The molecule has 0 aromatic heterocycles. The van der Waals surface area contributed by atoms with E-state index in [0.717, 1.165) is 77.7 Å². The minimum Gasteiger partial charge on any atom is -0.379 e. The predicted molar refractivity (Wildman–Crippen MR) is 133 cm³/mol. The standard InChI is InChI=1S/C22H41N5O2.HI/c1-4-23-21(24-17-22(2,3)27-12-14-29-15-13-27)25-19-10-11-26(16-19)20(28)18-8-6-5-7-9-18;/h18-19H,4-17H2,1-3H3,(H2,23,24,25);1H. The highest BCUT2D eigenvalue weighted by atomic mass is 127. The van der Waals surface area contributed by atoms with Crippen molar-refractivity contribution < 1.29 is 9.53 Å². The van der Waals surface area contributed by atoms with E-state index in [2.05, 4.69) is 41.2 Å². The molecule has 1 aliphatic carbocycles. The monoisotopic (exact) mass is 535 g/mol. The highest BCUT2D eigenvalue weighted by Crippen LogP contribution is 2.26. The van der Waals surface area contributed by atoms with Gasteiger partial charge in [0.15, 0.2) is 5.96 Å². The molecule has 1 saturated carbocycles. The Labute approximate surface area is 199 Å². The van der Waals surface area contributed by atoms with E-state index >= 15 is 0 Å². The van der Waals surface area contributed by atoms with Crippen LogP contribution in [0.25, 0.3) is 0 Å². The lowest BCUT2D eigenvalue weighted by Crippen LogP contribution is -2.52. The molecule has 7 nitrogen and oxygen atoms in total. The third-order valence-electron chi connectivity index (χ3n) is 6.63. The zero-order valence-corrected chi connectivity index (χ0v) is 21.5. The van der Waals surface area contributed by atoms with Crippen molar-refractivity contribution in [2.45, 2.75) is 70.9 Å². The van der Waals surface area contributed by atoms with Crippen molar-refractivity contribution in [3.05, 3.63) is 0 Å². The molecular formula is C22H42IN5O2. The van der Waals surface area contributed by atoms with Crippen molar-refractivity contribution in [2.75, 3.05) is 52.5 Å². The number of nitrogens with zero attached hydrogens (tertiary/aromatic N) is 3. The van der Waals surface area contributed by atoms with Crippen molar-refractivity contribution in [3.63, 3.8) is 0 Å². The first-order valence-corrected chi connectivity index (χ1v) is 11.7. The van der Waals surface area contributed by atoms with Crippen molar-refractivity contribution in [1.29, 1.82) is 0 Å². The lowest BCUT2D eigenvalue weighted by Gasteiger charge is -2.40. The molecule has 1 unspecified atom stereocenters. The Morgan fingerprint density at radius 1 is 1.10 bits per heavy atom. The summed E-state index contributed by atoms with van der Waals surface area (Å²) in [5.41, 5.74) is 0.00475. The summed E-state index contributed by atoms with van der Waals surface area (Å²) in [5.74, 6) is 1.51. The molecule has 2 heterocycles. The highest BCUT2D eigenvalue weighted by Gasteiger charge is 2.32. The number of morpholine rings is 1. The number of nitrogens with one attached hydrogen (secondary N) is 2. The molecule has 3 aliphatic rings. The van der Waals surface area contributed by atoms with Gasteiger partial charge in [0.05, 0.1) is 19.8 Å². The van der Waals surface area contributed by atoms with Gasteiger partial charge in [0, 0.05) is 50.2 Å². The molecule has 2 N–H and O–H groups in total. The quantitative estimate of drug-likeness (QED) is 0.311. The van der Waals surface area contributed by atoms with Gasteiger partial charge in [-0.05, 0) is 40.0 Å². The smallest absolute Gasteiger partial charge is 0.225 e. The summed E-state index contributed by atoms with van der Waals surface area (Å²) in [4.78, 5) is 22.3. The van der Waals surface area contributed by atoms with Crippen LogP contribution in [0.2, 0.25) is 0 Å². The van der Waals surface area contributed by atoms with Crippen LogP contribution < -0.4 is 10.6 Å². The number of rotatable bonds is 6. The zero-order chi connectivity index (χ0) is 20.7. The molecule has 174 valence electrons. The number of carbonyl (C=O) groups excluding carboxylic acids is 1. The number of aliphatic imine (C=N–C) groups is 1. The summed E-state index contributed by atoms with van der Waals surface area (Å²) in [5, 5.41) is 6.97. The third kappa shape index (κ3) is 7.22. The fourth-order valence-electron chi connectivity index (χ4n) is 4.74. The summed E-state index contributed by atoms with van der Waals surface area (Å²) >= 11 is 0. The Kier molecular flexibility index (Phi) is 10.6. The van der Waals surface area contributed by atoms with Gasteiger partial charge in [0.25, 0.3) is 0 Å². The number of likely N-dealkylation sites (tertiary alicyclic amines) is 1. The van der Waals surface area contributed by atoms with Gasteiger partial charge in [0.1, 0.15) is 0 Å². The van der Waals surface area contributed by atoms with Crippen LogP contribution >= 0.6 is 24.0 Å². The Morgan fingerprint density at radius 3 is 2.47 bits per heavy atom. The van der Waals surface area contributed by atoms with Crippen molar-refractivity contribution in [2.24, 2.45) is 10.9 Å². The van der Waals surface area contributed by atoms with E-state index in [-0.39, 0.29) is 41.5 Å². The van der Waals surface area contributed by atoms with Crippen molar-refractivity contribution in [1.82, 2.24) is 20.4 Å². The zero-order valence-electron chi connectivity index (χ0n) is 19.1. The molecule has 0 bridgehead atoms. The number of ether oxygens (including phenoxy) is 1. The maximum absolute atomic E-state index is 12.8. The summed E-state index contributed by atoms with van der Waals surface area (Å²) in [6.45, 7) is 13.4. The van der Waals surface area contributed by atoms with Gasteiger partial charge < -0.3 is 20.3 Å². The molecule has 0 radical (unpaired) electrons. The predicted octanol–water partition coefficient (Wildman–Crippen LogP) is 2.45. The molecule has 30 heavy (non-hydrogen) atoms. The number of amides is 1. The number of carbonyl (C=O) groups is 1. The average molecular weight is 536 g/mol. The highest BCUT2D eigenvalue weighted by molar-refractivity contribution is 14.0. The Balaban J connectivity index is 0.00000320. The van der Waals surface area contributed by atoms with E-state index < -0.39 is 0 Å². The van der Waals surface area contributed by atoms with Crippen molar-refractivity contribution in [3.8, 4) is 0 Å². The average Bonchev–Trinajstić information content (AvgIpc) is 3.21. The van der Waals surface area contributed by atoms with E-state index in [1.807, 2.05) is 0 Å². The van der Waals surface area contributed by atoms with Crippen LogP contribution in [0, 0.1) is 5.92 Å². The summed E-state index contributed by atoms with van der Waals surface area (Å²) in [6, 6.07) is 0.284. The minimum atomic E-state index is 0. The number of halogens is 1. The molecule has 3 fully saturated rings. The first-order chi connectivity index (χ1) is 14.0. The second-order valence-corrected chi connectivity index (χ2v) is 9.36. The van der Waals surface area contributed by atoms with Crippen molar-refractivity contribution >= 4 is 35.8 Å². The maximum Gasteiger partial charge on any atom is 0.225 e. The Morgan fingerprint density at radius 2 is 1.80 bits per heavy atom. The number of hydrogen-bond donors (Lipinski definition) is 2. The molecule has 3 rings (SSSR count). The second kappa shape index (κ2) is 12.4. The molecular weight excluding hydrogens is 493 g/mol. The number of guanidine groups is 1. The van der Waals surface area contributed by atoms with Crippen LogP contribution in [0.5, 0.6) is 0 Å². The molecule has 2 aliphatic heterocycles. The fourth-order valence-corrected chi connectivity index (χ4v) is 4.74. The summed E-state index contributed by atoms with van der Waals surface area (Å²) in [6.07, 6.45) is 6.86. The molecule has 0 aromatic carbocycles. The largest absolute Gasteiger partial charge is 0.379 e. The SMILES string of the molecule is CCNC(=NCC(C)(C)N1CCOCC1)NC1CCN(C(=O)C2CCCCC2)C1.I. The van der Waals surface area contributed by atoms with E-state index in [0.29, 0.717) is 5.91 Å². The topological polar surface area (TPSA) is 69.2 Å². The molecule has 1 amide bonds. The van der Waals surface area contributed by atoms with Gasteiger partial charge in [0.2, 0.25) is 5.91 Å². The number of hydrogen-bond acceptors (Lipinski definition) is 4. The van der Waals surface area contributed by atoms with Crippen LogP contribution in [-0.2, 0) is 9.53 Å². The van der Waals surface area contributed by atoms with Crippen LogP contribution in [-0.4, -0.2) is 85.7 Å². The first-order valence-electron chi connectivity index (χ1n) is 11.7. The van der Waals surface area contributed by atoms with Crippen LogP contribution in [0.3, 0.4) is 0 Å². The van der Waals surface area contributed by atoms with Crippen LogP contribution in [0.1, 0.15) is 59.3 Å². The molecule has 1 atom stereocenters. The van der Waals surface area contributed by atoms with Gasteiger partial charge in [-0.1, -0.05) is 19.3 Å². The lowest BCUT2D eigenvalue weighted by molar-refractivity contribution is -0.135. The first kappa shape index (κ1) is 25.6. The van der Waals surface area contributed by atoms with E-state index in [4.69, 9.17) is 9.73 Å². The molecule has 2 saturated heterocycles. The van der Waals surface area contributed by atoms with Crippen LogP contribution in [0.4, 0.5) is 0 Å². The third-order valence-corrected chi connectivity index (χ3v) is 6.63. The summed E-state index contributed by atoms with van der Waals surface area (Å²) in [7, 11) is 0. The van der Waals surface area contributed by atoms with E-state index in [1.54, 1.807) is 0 Å². The Hall–Kier alpha value is -0.610. The molecule has 0 aromatic rings. The van der Waals surface area contributed by atoms with Gasteiger partial charge in [-0.2, -0.15) is 0 Å². The molecule has 8 heteroatoms. The lowest BCUT2D eigenvalue weighted by atomic mass is 9.88. The summed E-state index contributed by atoms with van der Waals surface area (Å²) < 4.78 is 5.49. The fraction of sp³-hybridized carbons (Fsp3) is 0.909. The Bertz CT molecular complexity index is 560. The van der Waals surface area contributed by atoms with Crippen LogP contribution in [0.15, 0.2) is 4.99 Å². The van der Waals surface area contributed by atoms with E-state index in [1.165, 1.54) is 19.3 Å². The van der Waals surface area contributed by atoms with Gasteiger partial charge in [-0.15, -0.1) is 24.0 Å². The van der Waals surface area contributed by atoms with Gasteiger partial charge in [-0.25, -0.2) is 0 Å². The normalized spacial score (nSPS) is 24.4. The van der Waals surface area contributed by atoms with E-state index in [9.17, 15) is 4.79 Å². The second-order valence-electron chi connectivity index (χ2n) is 9.36.